The van der Waals surface area contributed by atoms with Gasteiger partial charge in [-0.05, 0) is 38.5 Å². The van der Waals surface area contributed by atoms with E-state index >= 15 is 0 Å². The van der Waals surface area contributed by atoms with Gasteiger partial charge in [0.1, 0.15) is 0 Å². The van der Waals surface area contributed by atoms with E-state index in [4.69, 9.17) is 10.5 Å². The van der Waals surface area contributed by atoms with Crippen molar-refractivity contribution in [2.24, 2.45) is 0 Å². The number of nitrogens with zero attached hydrogens (tertiary/aromatic N) is 3. The number of nitrogen functional groups attached to an aromatic ring is 1. The van der Waals surface area contributed by atoms with Gasteiger partial charge in [0, 0.05) is 13.2 Å². The zero-order chi connectivity index (χ0) is 25.1. The van der Waals surface area contributed by atoms with Crippen molar-refractivity contribution in [1.82, 2.24) is 19.5 Å². The van der Waals surface area contributed by atoms with Crippen LogP contribution in [-0.4, -0.2) is 43.9 Å². The molecule has 8 heteroatoms. The van der Waals surface area contributed by atoms with E-state index in [1.54, 1.807) is 10.9 Å². The third-order valence-electron chi connectivity index (χ3n) is 6.35. The van der Waals surface area contributed by atoms with Crippen LogP contribution in [0.1, 0.15) is 103 Å². The minimum Gasteiger partial charge on any atom is -0.396 e. The number of imidazole rings is 1. The first kappa shape index (κ1) is 29.0. The number of H-pyrrole nitrogens is 1. The van der Waals surface area contributed by atoms with Crippen molar-refractivity contribution >= 4 is 17.1 Å². The zero-order valence-corrected chi connectivity index (χ0v) is 21.7. The Morgan fingerprint density at radius 3 is 2.31 bits per heavy atom. The first-order valence-corrected chi connectivity index (χ1v) is 13.7. The summed E-state index contributed by atoms with van der Waals surface area (Å²) in [5.41, 5.74) is 6.01. The molecule has 2 rings (SSSR count). The third-order valence-corrected chi connectivity index (χ3v) is 6.35. The van der Waals surface area contributed by atoms with Gasteiger partial charge in [0.15, 0.2) is 11.2 Å². The summed E-state index contributed by atoms with van der Waals surface area (Å²) in [5, 5.41) is 9.41. The number of nitrogens with one attached hydrogen (secondary N) is 1. The smallest absolute Gasteiger partial charge is 0.280 e. The summed E-state index contributed by atoms with van der Waals surface area (Å²) < 4.78 is 7.79. The van der Waals surface area contributed by atoms with E-state index < -0.39 is 0 Å². The number of hydrogen-bond donors (Lipinski definition) is 3. The number of unbranched alkanes of at least 4 members (excludes halogenated alkanes) is 12. The van der Waals surface area contributed by atoms with E-state index in [1.807, 2.05) is 0 Å². The highest BCUT2D eigenvalue weighted by molar-refractivity contribution is 5.70. The Balaban J connectivity index is 1.51. The summed E-state index contributed by atoms with van der Waals surface area (Å²) in [4.78, 5) is 22.7. The van der Waals surface area contributed by atoms with Crippen LogP contribution in [0.4, 0.5) is 5.95 Å². The molecular weight excluding hydrogens is 442 g/mol. The molecule has 4 N–H and O–H groups in total. The van der Waals surface area contributed by atoms with Crippen LogP contribution in [0.5, 0.6) is 0 Å². The number of ether oxygens (including phenoxy) is 1. The largest absolute Gasteiger partial charge is 0.396 e. The first-order valence-electron chi connectivity index (χ1n) is 13.7. The van der Waals surface area contributed by atoms with Gasteiger partial charge < -0.3 is 20.1 Å². The molecule has 2 aromatic rings. The monoisotopic (exact) mass is 489 g/mol. The van der Waals surface area contributed by atoms with Crippen LogP contribution in [0, 0.1) is 0 Å². The quantitative estimate of drug-likeness (QED) is 0.157. The number of hydrogen-bond acceptors (Lipinski definition) is 6. The van der Waals surface area contributed by atoms with Crippen LogP contribution in [0.25, 0.3) is 11.2 Å². The molecule has 1 atom stereocenters. The van der Waals surface area contributed by atoms with Crippen molar-refractivity contribution in [1.29, 1.82) is 0 Å². The molecule has 0 saturated heterocycles. The maximum atomic E-state index is 11.9. The lowest BCUT2D eigenvalue weighted by Gasteiger charge is -2.18. The number of rotatable bonds is 21. The highest BCUT2D eigenvalue weighted by atomic mass is 16.5. The molecule has 1 unspecified atom stereocenters. The van der Waals surface area contributed by atoms with E-state index in [0.717, 1.165) is 12.8 Å². The standard InChI is InChI=1S/C27H47N5O3/c1-2-3-4-5-6-7-8-9-10-11-12-13-14-15-16-17-20-35-23(18-19-33)21-32-22-29-24-25(32)30-27(28)31-26(24)34/h9-10,22-23,33H,2-8,11-21H2,1H3,(H3,28,30,31,34). The summed E-state index contributed by atoms with van der Waals surface area (Å²) in [6, 6.07) is 0. The Hall–Kier alpha value is -2.19. The topological polar surface area (TPSA) is 119 Å². The molecule has 0 bridgehead atoms. The van der Waals surface area contributed by atoms with Crippen molar-refractivity contribution in [2.75, 3.05) is 18.9 Å². The van der Waals surface area contributed by atoms with Crippen molar-refractivity contribution in [2.45, 2.75) is 116 Å². The van der Waals surface area contributed by atoms with Crippen LogP contribution < -0.4 is 11.3 Å². The van der Waals surface area contributed by atoms with Crippen LogP contribution in [0.3, 0.4) is 0 Å². The molecule has 0 saturated carbocycles. The second kappa shape index (κ2) is 18.1. The zero-order valence-electron chi connectivity index (χ0n) is 21.7. The molecule has 0 aliphatic carbocycles. The van der Waals surface area contributed by atoms with Crippen molar-refractivity contribution in [3.8, 4) is 0 Å². The van der Waals surface area contributed by atoms with Gasteiger partial charge in [-0.1, -0.05) is 76.9 Å². The summed E-state index contributed by atoms with van der Waals surface area (Å²) in [7, 11) is 0. The molecule has 0 amide bonds. The molecule has 198 valence electrons. The second-order valence-corrected chi connectivity index (χ2v) is 9.46. The number of nitrogens with two attached hydrogens (primary N) is 1. The molecule has 0 spiro atoms. The van der Waals surface area contributed by atoms with E-state index in [2.05, 4.69) is 34.0 Å². The number of anilines is 1. The van der Waals surface area contributed by atoms with Gasteiger partial charge in [-0.25, -0.2) is 4.98 Å². The molecule has 2 aromatic heterocycles. The Morgan fingerprint density at radius 1 is 1.03 bits per heavy atom. The number of allylic oxidation sites excluding steroid dienone is 2. The lowest BCUT2D eigenvalue weighted by Crippen LogP contribution is -2.22. The minimum atomic E-state index is -0.352. The summed E-state index contributed by atoms with van der Waals surface area (Å²) in [5.74, 6) is 0.0630. The number of fused-ring (bicyclic) bond motifs is 1. The van der Waals surface area contributed by atoms with Gasteiger partial charge in [-0.2, -0.15) is 4.98 Å². The van der Waals surface area contributed by atoms with Crippen LogP contribution in [-0.2, 0) is 11.3 Å². The fraction of sp³-hybridized carbons (Fsp3) is 0.741. The highest BCUT2D eigenvalue weighted by Crippen LogP contribution is 2.13. The molecule has 0 aromatic carbocycles. The van der Waals surface area contributed by atoms with Crippen LogP contribution in [0.15, 0.2) is 23.3 Å². The molecule has 0 aliphatic rings. The number of aliphatic hydroxyl groups is 1. The highest BCUT2D eigenvalue weighted by Gasteiger charge is 2.14. The number of aromatic nitrogens is 4. The normalized spacial score (nSPS) is 12.7. The van der Waals surface area contributed by atoms with Gasteiger partial charge in [-0.15, -0.1) is 0 Å². The SMILES string of the molecule is CCCCCCCCC=CCCCCCCCCOC(CCO)Cn1cnc2c(=O)[nH]c(N)nc21. The van der Waals surface area contributed by atoms with E-state index in [9.17, 15) is 9.90 Å². The average molecular weight is 490 g/mol. The molecular formula is C27H47N5O3. The predicted octanol–water partition coefficient (Wildman–Crippen LogP) is 5.51. The van der Waals surface area contributed by atoms with Crippen molar-refractivity contribution < 1.29 is 9.84 Å². The third kappa shape index (κ3) is 11.9. The van der Waals surface area contributed by atoms with E-state index in [0.29, 0.717) is 25.2 Å². The van der Waals surface area contributed by atoms with Gasteiger partial charge >= 0.3 is 0 Å². The lowest BCUT2D eigenvalue weighted by molar-refractivity contribution is 0.0232. The second-order valence-electron chi connectivity index (χ2n) is 9.46. The predicted molar refractivity (Wildman–Crippen MR) is 143 cm³/mol. The van der Waals surface area contributed by atoms with E-state index in [-0.39, 0.29) is 29.7 Å². The average Bonchev–Trinajstić information content (AvgIpc) is 3.23. The maximum absolute atomic E-state index is 11.9. The molecule has 35 heavy (non-hydrogen) atoms. The fourth-order valence-electron chi connectivity index (χ4n) is 4.29. The van der Waals surface area contributed by atoms with E-state index in [1.165, 1.54) is 77.0 Å². The van der Waals surface area contributed by atoms with Gasteiger partial charge in [-0.3, -0.25) is 9.78 Å². The Bertz CT molecular complexity index is 893. The lowest BCUT2D eigenvalue weighted by atomic mass is 10.1. The Labute approximate surface area is 210 Å². The summed E-state index contributed by atoms with van der Waals surface area (Å²) >= 11 is 0. The Kier molecular flexibility index (Phi) is 15.0. The van der Waals surface area contributed by atoms with Gasteiger partial charge in [0.05, 0.1) is 19.0 Å². The van der Waals surface area contributed by atoms with Gasteiger partial charge in [0.25, 0.3) is 5.56 Å². The molecule has 0 aliphatic heterocycles. The molecule has 8 nitrogen and oxygen atoms in total. The number of aliphatic hydroxyl groups excluding tert-OH is 1. The summed E-state index contributed by atoms with van der Waals surface area (Å²) in [6.45, 7) is 3.44. The first-order chi connectivity index (χ1) is 17.2. The fourth-order valence-corrected chi connectivity index (χ4v) is 4.29. The van der Waals surface area contributed by atoms with Gasteiger partial charge in [0.2, 0.25) is 5.95 Å². The Morgan fingerprint density at radius 2 is 1.66 bits per heavy atom. The maximum Gasteiger partial charge on any atom is 0.280 e. The minimum absolute atomic E-state index is 0.0425. The van der Waals surface area contributed by atoms with Crippen molar-refractivity contribution in [3.63, 3.8) is 0 Å². The van der Waals surface area contributed by atoms with Crippen LogP contribution >= 0.6 is 0 Å². The molecule has 2 heterocycles. The summed E-state index contributed by atoms with van der Waals surface area (Å²) in [6.07, 6.45) is 24.6. The molecule has 0 radical (unpaired) electrons. The number of aromatic amines is 1. The molecule has 0 fully saturated rings. The van der Waals surface area contributed by atoms with Crippen molar-refractivity contribution in [3.05, 3.63) is 28.8 Å². The van der Waals surface area contributed by atoms with Crippen LogP contribution in [0.2, 0.25) is 0 Å².